The van der Waals surface area contributed by atoms with Crippen molar-refractivity contribution in [1.29, 1.82) is 0 Å². The molecule has 6 heteroatoms. The maximum absolute atomic E-state index is 12.2. The van der Waals surface area contributed by atoms with Gasteiger partial charge in [-0.3, -0.25) is 4.90 Å². The van der Waals surface area contributed by atoms with Crippen LogP contribution in [0.1, 0.15) is 18.9 Å². The zero-order valence-electron chi connectivity index (χ0n) is 11.3. The summed E-state index contributed by atoms with van der Waals surface area (Å²) in [6.07, 6.45) is -0.335. The van der Waals surface area contributed by atoms with E-state index in [-0.39, 0.29) is 5.75 Å². The first-order valence-corrected chi connectivity index (χ1v) is 6.53. The number of nitrogens with zero attached hydrogens (tertiary/aromatic N) is 1. The quantitative estimate of drug-likeness (QED) is 0.883. The van der Waals surface area contributed by atoms with Crippen molar-refractivity contribution in [2.75, 3.05) is 13.1 Å². The molecule has 1 fully saturated rings. The second-order valence-electron chi connectivity index (χ2n) is 5.38. The van der Waals surface area contributed by atoms with E-state index in [1.807, 2.05) is 11.0 Å². The highest BCUT2D eigenvalue weighted by atomic mass is 19.3. The van der Waals surface area contributed by atoms with Crippen LogP contribution in [0.5, 0.6) is 5.75 Å². The van der Waals surface area contributed by atoms with Crippen molar-refractivity contribution in [1.82, 2.24) is 4.90 Å². The van der Waals surface area contributed by atoms with Gasteiger partial charge in [-0.2, -0.15) is 8.78 Å². The van der Waals surface area contributed by atoms with Crippen LogP contribution in [-0.4, -0.2) is 46.5 Å². The largest absolute Gasteiger partial charge is 0.435 e. The van der Waals surface area contributed by atoms with Crippen LogP contribution in [0.4, 0.5) is 8.78 Å². The predicted octanol–water partition coefficient (Wildman–Crippen LogP) is 1.61. The first-order chi connectivity index (χ1) is 9.37. The number of aliphatic hydroxyl groups is 2. The fraction of sp³-hybridized carbons (Fsp3) is 0.571. The van der Waals surface area contributed by atoms with E-state index < -0.39 is 18.3 Å². The molecule has 2 atom stereocenters. The van der Waals surface area contributed by atoms with E-state index in [0.29, 0.717) is 26.1 Å². The number of hydrogen-bond acceptors (Lipinski definition) is 4. The van der Waals surface area contributed by atoms with Crippen LogP contribution >= 0.6 is 0 Å². The molecule has 0 spiro atoms. The number of alkyl halides is 2. The number of aliphatic hydroxyl groups excluding tert-OH is 1. The maximum Gasteiger partial charge on any atom is 0.387 e. The highest BCUT2D eigenvalue weighted by Crippen LogP contribution is 2.24. The summed E-state index contributed by atoms with van der Waals surface area (Å²) < 4.78 is 28.7. The summed E-state index contributed by atoms with van der Waals surface area (Å²) in [4.78, 5) is 1.98. The standard InChI is InChI=1S/C14H19F2NO3/c1-14(19)5-6-17(9-12(14)18)8-10-3-2-4-11(7-10)20-13(15)16/h2-4,7,12-13,18-19H,5-6,8-9H2,1H3/t12-,14+/m0/s1. The number of piperidine rings is 1. The third kappa shape index (κ3) is 3.88. The van der Waals surface area contributed by atoms with Gasteiger partial charge in [0.05, 0.1) is 11.7 Å². The SMILES string of the molecule is C[C@@]1(O)CCN(Cc2cccc(OC(F)F)c2)C[C@@H]1O. The Morgan fingerprint density at radius 2 is 2.25 bits per heavy atom. The van der Waals surface area contributed by atoms with Gasteiger partial charge in [-0.05, 0) is 31.0 Å². The molecule has 0 aliphatic carbocycles. The molecule has 1 aliphatic heterocycles. The van der Waals surface area contributed by atoms with Gasteiger partial charge in [0.25, 0.3) is 0 Å². The molecule has 0 radical (unpaired) electrons. The Morgan fingerprint density at radius 3 is 2.90 bits per heavy atom. The maximum atomic E-state index is 12.2. The monoisotopic (exact) mass is 287 g/mol. The Balaban J connectivity index is 1.97. The molecular weight excluding hydrogens is 268 g/mol. The van der Waals surface area contributed by atoms with E-state index in [1.54, 1.807) is 19.1 Å². The lowest BCUT2D eigenvalue weighted by molar-refractivity contribution is -0.108. The van der Waals surface area contributed by atoms with Gasteiger partial charge >= 0.3 is 6.61 Å². The highest BCUT2D eigenvalue weighted by Gasteiger charge is 2.36. The Kier molecular flexibility index (Phi) is 4.57. The molecule has 1 saturated heterocycles. The summed E-state index contributed by atoms with van der Waals surface area (Å²) in [6, 6.07) is 6.51. The number of rotatable bonds is 4. The highest BCUT2D eigenvalue weighted by molar-refractivity contribution is 5.28. The molecule has 0 saturated carbocycles. The van der Waals surface area contributed by atoms with Gasteiger partial charge in [0.15, 0.2) is 0 Å². The molecule has 0 bridgehead atoms. The van der Waals surface area contributed by atoms with Crippen molar-refractivity contribution >= 4 is 0 Å². The van der Waals surface area contributed by atoms with Gasteiger partial charge in [0.2, 0.25) is 0 Å². The van der Waals surface area contributed by atoms with E-state index in [4.69, 9.17) is 0 Å². The summed E-state index contributed by atoms with van der Waals surface area (Å²) in [5, 5.41) is 19.7. The van der Waals surface area contributed by atoms with Gasteiger partial charge in [-0.15, -0.1) is 0 Å². The fourth-order valence-electron chi connectivity index (χ4n) is 2.31. The van der Waals surface area contributed by atoms with Gasteiger partial charge in [0, 0.05) is 19.6 Å². The summed E-state index contributed by atoms with van der Waals surface area (Å²) in [7, 11) is 0. The van der Waals surface area contributed by atoms with Crippen molar-refractivity contribution in [3.05, 3.63) is 29.8 Å². The summed E-state index contributed by atoms with van der Waals surface area (Å²) in [6.45, 7) is 0.300. The van der Waals surface area contributed by atoms with Crippen LogP contribution in [0.15, 0.2) is 24.3 Å². The summed E-state index contributed by atoms with van der Waals surface area (Å²) in [5.41, 5.74) is -0.228. The van der Waals surface area contributed by atoms with E-state index in [9.17, 15) is 19.0 Å². The van der Waals surface area contributed by atoms with Crippen molar-refractivity contribution in [2.45, 2.75) is 38.2 Å². The molecule has 1 aromatic rings. The summed E-state index contributed by atoms with van der Waals surface area (Å²) >= 11 is 0. The zero-order chi connectivity index (χ0) is 14.8. The lowest BCUT2D eigenvalue weighted by Crippen LogP contribution is -2.53. The Labute approximate surface area is 116 Å². The smallest absolute Gasteiger partial charge is 0.387 e. The number of likely N-dealkylation sites (tertiary alicyclic amines) is 1. The molecule has 0 amide bonds. The lowest BCUT2D eigenvalue weighted by atomic mass is 9.90. The van der Waals surface area contributed by atoms with Crippen molar-refractivity contribution < 1.29 is 23.7 Å². The number of β-amino-alcohol motifs (C(OH)–C–C–N with tert-alkyl or cyclic N) is 1. The number of hydrogen-bond donors (Lipinski definition) is 2. The van der Waals surface area contributed by atoms with Crippen molar-refractivity contribution in [3.8, 4) is 5.75 Å². The van der Waals surface area contributed by atoms with E-state index in [0.717, 1.165) is 5.56 Å². The van der Waals surface area contributed by atoms with Gasteiger partial charge in [-0.1, -0.05) is 12.1 Å². The predicted molar refractivity (Wildman–Crippen MR) is 69.6 cm³/mol. The third-order valence-electron chi connectivity index (χ3n) is 3.61. The second-order valence-corrected chi connectivity index (χ2v) is 5.38. The van der Waals surface area contributed by atoms with E-state index in [2.05, 4.69) is 4.74 Å². The van der Waals surface area contributed by atoms with E-state index >= 15 is 0 Å². The van der Waals surface area contributed by atoms with Crippen LogP contribution in [0.25, 0.3) is 0 Å². The van der Waals surface area contributed by atoms with Crippen LogP contribution in [0.2, 0.25) is 0 Å². The van der Waals surface area contributed by atoms with Crippen LogP contribution < -0.4 is 4.74 Å². The average molecular weight is 287 g/mol. The molecule has 2 N–H and O–H groups in total. The van der Waals surface area contributed by atoms with E-state index in [1.165, 1.54) is 6.07 Å². The van der Waals surface area contributed by atoms with Gasteiger partial charge in [0.1, 0.15) is 5.75 Å². The molecule has 112 valence electrons. The Bertz CT molecular complexity index is 454. The van der Waals surface area contributed by atoms with Crippen LogP contribution in [0, 0.1) is 0 Å². The minimum atomic E-state index is -2.84. The second kappa shape index (κ2) is 6.03. The molecule has 20 heavy (non-hydrogen) atoms. The third-order valence-corrected chi connectivity index (χ3v) is 3.61. The normalized spacial score (nSPS) is 27.8. The summed E-state index contributed by atoms with van der Waals surface area (Å²) in [5.74, 6) is 0.127. The Hall–Kier alpha value is -1.24. The molecular formula is C14H19F2NO3. The minimum Gasteiger partial charge on any atom is -0.435 e. The number of benzene rings is 1. The number of ether oxygens (including phenoxy) is 1. The molecule has 1 aliphatic rings. The first-order valence-electron chi connectivity index (χ1n) is 6.53. The topological polar surface area (TPSA) is 52.9 Å². The van der Waals surface area contributed by atoms with Crippen molar-refractivity contribution in [2.24, 2.45) is 0 Å². The minimum absolute atomic E-state index is 0.127. The lowest BCUT2D eigenvalue weighted by Gasteiger charge is -2.39. The number of halogens is 2. The first kappa shape index (κ1) is 15.2. The molecule has 0 unspecified atom stereocenters. The zero-order valence-corrected chi connectivity index (χ0v) is 11.3. The van der Waals surface area contributed by atoms with Gasteiger partial charge < -0.3 is 14.9 Å². The van der Waals surface area contributed by atoms with Crippen LogP contribution in [-0.2, 0) is 6.54 Å². The molecule has 1 heterocycles. The average Bonchev–Trinajstić information content (AvgIpc) is 2.34. The van der Waals surface area contributed by atoms with Crippen molar-refractivity contribution in [3.63, 3.8) is 0 Å². The fourth-order valence-corrected chi connectivity index (χ4v) is 2.31. The molecule has 2 rings (SSSR count). The van der Waals surface area contributed by atoms with Gasteiger partial charge in [-0.25, -0.2) is 0 Å². The molecule has 0 aromatic heterocycles. The molecule has 1 aromatic carbocycles. The van der Waals surface area contributed by atoms with Crippen LogP contribution in [0.3, 0.4) is 0 Å². The Morgan fingerprint density at radius 1 is 1.50 bits per heavy atom. The molecule has 4 nitrogen and oxygen atoms in total.